The van der Waals surface area contributed by atoms with Gasteiger partial charge >= 0.3 is 0 Å². The summed E-state index contributed by atoms with van der Waals surface area (Å²) < 4.78 is 1.40. The van der Waals surface area contributed by atoms with Crippen molar-refractivity contribution in [2.45, 2.75) is 0 Å². The largest absolute Gasteiger partial charge is 0.385 e. The minimum absolute atomic E-state index is 0.273. The molecule has 6 N–H and O–H groups in total. The SMILES string of the molecule is NNn1cnc2c(=O)[nH]c(N)cc21. The lowest BCUT2D eigenvalue weighted by molar-refractivity contribution is 0.907. The van der Waals surface area contributed by atoms with Gasteiger partial charge in [-0.05, 0) is 0 Å². The molecule has 0 fully saturated rings. The maximum atomic E-state index is 11.2. The molecule has 0 aliphatic carbocycles. The van der Waals surface area contributed by atoms with Crippen LogP contribution >= 0.6 is 0 Å². The van der Waals surface area contributed by atoms with Crippen LogP contribution in [0.15, 0.2) is 17.2 Å². The van der Waals surface area contributed by atoms with Crippen molar-refractivity contribution in [1.82, 2.24) is 14.6 Å². The van der Waals surface area contributed by atoms with E-state index in [-0.39, 0.29) is 11.4 Å². The number of anilines is 1. The first kappa shape index (κ1) is 7.62. The molecule has 0 aliphatic rings. The number of hydrogen-bond acceptors (Lipinski definition) is 5. The first-order chi connectivity index (χ1) is 6.22. The molecule has 0 atom stereocenters. The number of nitrogens with two attached hydrogens (primary N) is 2. The zero-order valence-corrected chi connectivity index (χ0v) is 6.61. The third-order valence-corrected chi connectivity index (χ3v) is 1.71. The quantitative estimate of drug-likeness (QED) is 0.322. The first-order valence-corrected chi connectivity index (χ1v) is 3.55. The number of imidazole rings is 1. The summed E-state index contributed by atoms with van der Waals surface area (Å²) in [5, 5.41) is 0. The van der Waals surface area contributed by atoms with Crippen molar-refractivity contribution in [3.8, 4) is 0 Å². The Labute approximate surface area is 72.3 Å². The van der Waals surface area contributed by atoms with Crippen LogP contribution < -0.4 is 22.7 Å². The predicted molar refractivity (Wildman–Crippen MR) is 48.3 cm³/mol. The van der Waals surface area contributed by atoms with Gasteiger partial charge < -0.3 is 10.7 Å². The highest BCUT2D eigenvalue weighted by Gasteiger charge is 2.05. The third kappa shape index (κ3) is 1.02. The Hall–Kier alpha value is -2.02. The number of H-pyrrole nitrogens is 1. The van der Waals surface area contributed by atoms with Gasteiger partial charge in [0.1, 0.15) is 17.7 Å². The van der Waals surface area contributed by atoms with Crippen LogP contribution in [0.25, 0.3) is 11.0 Å². The van der Waals surface area contributed by atoms with Crippen molar-refractivity contribution < 1.29 is 0 Å². The van der Waals surface area contributed by atoms with Crippen molar-refractivity contribution in [3.05, 3.63) is 22.7 Å². The highest BCUT2D eigenvalue weighted by Crippen LogP contribution is 2.07. The summed E-state index contributed by atoms with van der Waals surface area (Å²) in [6.07, 6.45) is 1.40. The van der Waals surface area contributed by atoms with Gasteiger partial charge in [-0.15, -0.1) is 0 Å². The standard InChI is InChI=1S/C6H8N6O/c7-4-1-3-5(6(13)10-4)9-2-12(3)11-8/h1-2,11H,8H2,(H3,7,10,13). The summed E-state index contributed by atoms with van der Waals surface area (Å²) in [4.78, 5) is 17.5. The summed E-state index contributed by atoms with van der Waals surface area (Å²) in [7, 11) is 0. The van der Waals surface area contributed by atoms with Crippen molar-refractivity contribution in [2.75, 3.05) is 11.3 Å². The van der Waals surface area contributed by atoms with Crippen molar-refractivity contribution in [2.24, 2.45) is 5.84 Å². The number of aromatic amines is 1. The van der Waals surface area contributed by atoms with E-state index in [9.17, 15) is 4.79 Å². The van der Waals surface area contributed by atoms with E-state index in [1.807, 2.05) is 0 Å². The molecule has 7 heteroatoms. The number of nitrogens with one attached hydrogen (secondary N) is 2. The molecule has 2 rings (SSSR count). The highest BCUT2D eigenvalue weighted by atomic mass is 16.1. The van der Waals surface area contributed by atoms with Gasteiger partial charge in [-0.1, -0.05) is 0 Å². The fraction of sp³-hybridized carbons (Fsp3) is 0. The monoisotopic (exact) mass is 180 g/mol. The van der Waals surface area contributed by atoms with E-state index in [2.05, 4.69) is 15.5 Å². The van der Waals surface area contributed by atoms with E-state index in [1.54, 1.807) is 6.07 Å². The van der Waals surface area contributed by atoms with Crippen LogP contribution in [0.5, 0.6) is 0 Å². The van der Waals surface area contributed by atoms with Crippen molar-refractivity contribution in [1.29, 1.82) is 0 Å². The summed E-state index contributed by atoms with van der Waals surface area (Å²) in [5.74, 6) is 5.45. The minimum Gasteiger partial charge on any atom is -0.385 e. The second kappa shape index (κ2) is 2.49. The summed E-state index contributed by atoms with van der Waals surface area (Å²) in [6.45, 7) is 0. The zero-order chi connectivity index (χ0) is 9.42. The minimum atomic E-state index is -0.330. The van der Waals surface area contributed by atoms with Gasteiger partial charge in [0.05, 0.1) is 0 Å². The average Bonchev–Trinajstić information content (AvgIpc) is 2.47. The fourth-order valence-corrected chi connectivity index (χ4v) is 1.15. The van der Waals surface area contributed by atoms with E-state index in [0.717, 1.165) is 0 Å². The molecule has 0 radical (unpaired) electrons. The second-order valence-electron chi connectivity index (χ2n) is 2.53. The van der Waals surface area contributed by atoms with Crippen molar-refractivity contribution in [3.63, 3.8) is 0 Å². The van der Waals surface area contributed by atoms with Gasteiger partial charge in [0.2, 0.25) is 0 Å². The van der Waals surface area contributed by atoms with E-state index in [1.165, 1.54) is 11.0 Å². The molecular weight excluding hydrogens is 172 g/mol. The number of rotatable bonds is 1. The van der Waals surface area contributed by atoms with Crippen molar-refractivity contribution >= 4 is 16.9 Å². The molecule has 7 nitrogen and oxygen atoms in total. The van der Waals surface area contributed by atoms with Crippen LogP contribution in [0.4, 0.5) is 5.82 Å². The number of hydrazine groups is 1. The molecule has 0 aliphatic heterocycles. The number of pyridine rings is 1. The molecule has 0 spiro atoms. The second-order valence-corrected chi connectivity index (χ2v) is 2.53. The Morgan fingerprint density at radius 3 is 3.08 bits per heavy atom. The molecule has 2 heterocycles. The molecule has 0 amide bonds. The smallest absolute Gasteiger partial charge is 0.277 e. The van der Waals surface area contributed by atoms with E-state index in [0.29, 0.717) is 11.0 Å². The molecule has 13 heavy (non-hydrogen) atoms. The number of nitrogen functional groups attached to an aromatic ring is 2. The number of aromatic nitrogens is 3. The van der Waals surface area contributed by atoms with E-state index in [4.69, 9.17) is 11.6 Å². The molecule has 0 bridgehead atoms. The van der Waals surface area contributed by atoms with Crippen LogP contribution in [0.3, 0.4) is 0 Å². The molecule has 68 valence electrons. The van der Waals surface area contributed by atoms with Crippen LogP contribution in [-0.4, -0.2) is 14.6 Å². The Kier molecular flexibility index (Phi) is 1.46. The topological polar surface area (TPSA) is 115 Å². The molecule has 2 aromatic rings. The van der Waals surface area contributed by atoms with Crippen LogP contribution in [0.2, 0.25) is 0 Å². The first-order valence-electron chi connectivity index (χ1n) is 3.55. The van der Waals surface area contributed by atoms with E-state index >= 15 is 0 Å². The van der Waals surface area contributed by atoms with Gasteiger partial charge in [-0.25, -0.2) is 15.5 Å². The normalized spacial score (nSPS) is 10.5. The maximum absolute atomic E-state index is 11.2. The fourth-order valence-electron chi connectivity index (χ4n) is 1.15. The Bertz CT molecular complexity index is 497. The van der Waals surface area contributed by atoms with Gasteiger partial charge in [0, 0.05) is 6.07 Å². The summed E-state index contributed by atoms with van der Waals surface area (Å²) in [5.41, 5.74) is 8.31. The molecule has 0 saturated carbocycles. The van der Waals surface area contributed by atoms with Crippen LogP contribution in [-0.2, 0) is 0 Å². The Balaban J connectivity index is 2.90. The number of fused-ring (bicyclic) bond motifs is 1. The Morgan fingerprint density at radius 2 is 2.38 bits per heavy atom. The lowest BCUT2D eigenvalue weighted by Gasteiger charge is -2.00. The molecule has 0 saturated heterocycles. The molecular formula is C6H8N6O. The van der Waals surface area contributed by atoms with Crippen LogP contribution in [0, 0.1) is 0 Å². The third-order valence-electron chi connectivity index (χ3n) is 1.71. The van der Waals surface area contributed by atoms with Gasteiger partial charge in [-0.2, -0.15) is 0 Å². The number of hydrogen-bond donors (Lipinski definition) is 4. The van der Waals surface area contributed by atoms with Gasteiger partial charge in [0.15, 0.2) is 5.52 Å². The number of nitrogens with zero attached hydrogens (tertiary/aromatic N) is 2. The summed E-state index contributed by atoms with van der Waals surface area (Å²) in [6, 6.07) is 1.57. The Morgan fingerprint density at radius 1 is 1.62 bits per heavy atom. The van der Waals surface area contributed by atoms with E-state index < -0.39 is 0 Å². The highest BCUT2D eigenvalue weighted by molar-refractivity contribution is 5.76. The van der Waals surface area contributed by atoms with Crippen LogP contribution in [0.1, 0.15) is 0 Å². The zero-order valence-electron chi connectivity index (χ0n) is 6.61. The maximum Gasteiger partial charge on any atom is 0.277 e. The molecule has 0 aromatic carbocycles. The van der Waals surface area contributed by atoms with Gasteiger partial charge in [-0.3, -0.25) is 10.3 Å². The molecule has 0 unspecified atom stereocenters. The van der Waals surface area contributed by atoms with Gasteiger partial charge in [0.25, 0.3) is 5.56 Å². The summed E-state index contributed by atoms with van der Waals surface area (Å²) >= 11 is 0. The lowest BCUT2D eigenvalue weighted by atomic mass is 10.4. The lowest BCUT2D eigenvalue weighted by Crippen LogP contribution is -2.20. The average molecular weight is 180 g/mol. The predicted octanol–water partition coefficient (Wildman–Crippen LogP) is -1.28. The molecule has 2 aromatic heterocycles.